The van der Waals surface area contributed by atoms with Gasteiger partial charge in [0.15, 0.2) is 0 Å². The smallest absolute Gasteiger partial charge is 0.307 e. The third-order valence-corrected chi connectivity index (χ3v) is 6.28. The summed E-state index contributed by atoms with van der Waals surface area (Å²) in [5, 5.41) is 0. The van der Waals surface area contributed by atoms with Crippen LogP contribution in [-0.2, 0) is 19.1 Å². The van der Waals surface area contributed by atoms with E-state index < -0.39 is 0 Å². The van der Waals surface area contributed by atoms with Gasteiger partial charge in [0.25, 0.3) is 11.8 Å². The SMILES string of the molecule is CCCCCN1C(=O)/C(=C2\SC(=S)N(CCC(=O)OCC)C2=O)c2ccccc21. The summed E-state index contributed by atoms with van der Waals surface area (Å²) in [5.74, 6) is -0.857. The zero-order chi connectivity index (χ0) is 21.0. The Morgan fingerprint density at radius 2 is 1.83 bits per heavy atom. The number of ether oxygens (including phenoxy) is 1. The number of fused-ring (bicyclic) bond motifs is 1. The molecule has 1 saturated heterocycles. The predicted octanol–water partition coefficient (Wildman–Crippen LogP) is 3.75. The van der Waals surface area contributed by atoms with E-state index in [9.17, 15) is 14.4 Å². The number of benzene rings is 1. The highest BCUT2D eigenvalue weighted by Gasteiger charge is 2.41. The van der Waals surface area contributed by atoms with E-state index in [1.807, 2.05) is 24.3 Å². The number of unbranched alkanes of at least 4 members (excludes halogenated alkanes) is 2. The predicted molar refractivity (Wildman–Crippen MR) is 118 cm³/mol. The van der Waals surface area contributed by atoms with Crippen molar-refractivity contribution in [2.45, 2.75) is 39.5 Å². The van der Waals surface area contributed by atoms with Crippen molar-refractivity contribution in [3.05, 3.63) is 34.7 Å². The van der Waals surface area contributed by atoms with E-state index in [1.165, 1.54) is 4.90 Å². The summed E-state index contributed by atoms with van der Waals surface area (Å²) in [4.78, 5) is 41.4. The van der Waals surface area contributed by atoms with Crippen molar-refractivity contribution in [1.82, 2.24) is 4.90 Å². The van der Waals surface area contributed by atoms with Crippen molar-refractivity contribution in [2.24, 2.45) is 0 Å². The maximum Gasteiger partial charge on any atom is 0.307 e. The Morgan fingerprint density at radius 3 is 2.55 bits per heavy atom. The zero-order valence-corrected chi connectivity index (χ0v) is 18.2. The first-order valence-electron chi connectivity index (χ1n) is 9.84. The minimum Gasteiger partial charge on any atom is -0.466 e. The van der Waals surface area contributed by atoms with Crippen LogP contribution in [0.4, 0.5) is 5.69 Å². The number of amides is 2. The topological polar surface area (TPSA) is 66.9 Å². The third kappa shape index (κ3) is 4.38. The number of hydrogen-bond donors (Lipinski definition) is 0. The van der Waals surface area contributed by atoms with E-state index in [1.54, 1.807) is 11.8 Å². The first-order chi connectivity index (χ1) is 14.0. The van der Waals surface area contributed by atoms with Gasteiger partial charge < -0.3 is 9.64 Å². The highest BCUT2D eigenvalue weighted by molar-refractivity contribution is 8.26. The van der Waals surface area contributed by atoms with E-state index in [0.717, 1.165) is 42.3 Å². The number of carbonyl (C=O) groups is 3. The molecule has 1 aromatic carbocycles. The molecule has 0 unspecified atom stereocenters. The van der Waals surface area contributed by atoms with E-state index in [2.05, 4.69) is 6.92 Å². The van der Waals surface area contributed by atoms with Gasteiger partial charge in [-0.05, 0) is 19.4 Å². The van der Waals surface area contributed by atoms with Gasteiger partial charge in [-0.2, -0.15) is 0 Å². The van der Waals surface area contributed by atoms with Crippen LogP contribution in [0.15, 0.2) is 29.2 Å². The molecule has 2 aliphatic rings. The Bertz CT molecular complexity index is 881. The molecule has 0 bridgehead atoms. The molecule has 0 atom stereocenters. The van der Waals surface area contributed by atoms with E-state index in [0.29, 0.717) is 28.0 Å². The number of esters is 1. The molecule has 0 saturated carbocycles. The second kappa shape index (κ2) is 9.54. The van der Waals surface area contributed by atoms with Crippen molar-refractivity contribution >= 4 is 57.3 Å². The number of hydrogen-bond acceptors (Lipinski definition) is 6. The minimum absolute atomic E-state index is 0.0660. The quantitative estimate of drug-likeness (QED) is 0.270. The molecule has 1 fully saturated rings. The van der Waals surface area contributed by atoms with Gasteiger partial charge in [0.1, 0.15) is 4.32 Å². The molecule has 1 aromatic rings. The van der Waals surface area contributed by atoms with Crippen LogP contribution < -0.4 is 4.90 Å². The second-order valence-corrected chi connectivity index (χ2v) is 8.41. The van der Waals surface area contributed by atoms with Crippen molar-refractivity contribution < 1.29 is 19.1 Å². The molecule has 3 rings (SSSR count). The summed E-state index contributed by atoms with van der Waals surface area (Å²) in [5.41, 5.74) is 2.01. The number of nitrogens with zero attached hydrogens (tertiary/aromatic N) is 2. The summed E-state index contributed by atoms with van der Waals surface area (Å²) >= 11 is 6.49. The van der Waals surface area contributed by atoms with Crippen LogP contribution in [0.2, 0.25) is 0 Å². The van der Waals surface area contributed by atoms with Crippen molar-refractivity contribution in [3.63, 3.8) is 0 Å². The van der Waals surface area contributed by atoms with Crippen LogP contribution >= 0.6 is 24.0 Å². The molecular formula is C21H24N2O4S2. The maximum atomic E-state index is 13.2. The Balaban J connectivity index is 1.88. The monoisotopic (exact) mass is 432 g/mol. The van der Waals surface area contributed by atoms with Gasteiger partial charge in [-0.15, -0.1) is 0 Å². The third-order valence-electron chi connectivity index (χ3n) is 4.83. The molecule has 0 aliphatic carbocycles. The van der Waals surface area contributed by atoms with Crippen molar-refractivity contribution in [1.29, 1.82) is 0 Å². The largest absolute Gasteiger partial charge is 0.466 e. The zero-order valence-electron chi connectivity index (χ0n) is 16.6. The first-order valence-corrected chi connectivity index (χ1v) is 11.1. The van der Waals surface area contributed by atoms with Gasteiger partial charge in [-0.3, -0.25) is 19.3 Å². The molecule has 0 spiro atoms. The molecule has 154 valence electrons. The molecular weight excluding hydrogens is 408 g/mol. The van der Waals surface area contributed by atoms with Gasteiger partial charge in [0.2, 0.25) is 0 Å². The average molecular weight is 433 g/mol. The molecule has 2 amide bonds. The number of thioether (sulfide) groups is 1. The Labute approximate surface area is 180 Å². The molecule has 0 N–H and O–H groups in total. The van der Waals surface area contributed by atoms with Gasteiger partial charge >= 0.3 is 5.97 Å². The normalized spacial score (nSPS) is 18.6. The fraction of sp³-hybridized carbons (Fsp3) is 0.429. The highest BCUT2D eigenvalue weighted by Crippen LogP contribution is 2.44. The molecule has 6 nitrogen and oxygen atoms in total. The summed E-state index contributed by atoms with van der Waals surface area (Å²) in [6, 6.07) is 7.54. The highest BCUT2D eigenvalue weighted by atomic mass is 32.2. The van der Waals surface area contributed by atoms with Gasteiger partial charge in [-0.25, -0.2) is 0 Å². The molecule has 2 heterocycles. The second-order valence-electron chi connectivity index (χ2n) is 6.76. The molecule has 2 aliphatic heterocycles. The average Bonchev–Trinajstić information content (AvgIpc) is 3.13. The Morgan fingerprint density at radius 1 is 1.07 bits per heavy atom. The fourth-order valence-electron chi connectivity index (χ4n) is 3.42. The number of anilines is 1. The van der Waals surface area contributed by atoms with Crippen LogP contribution in [0.3, 0.4) is 0 Å². The summed E-state index contributed by atoms with van der Waals surface area (Å²) in [6.45, 7) is 4.91. The molecule has 8 heteroatoms. The number of para-hydroxylation sites is 1. The van der Waals surface area contributed by atoms with Crippen molar-refractivity contribution in [3.8, 4) is 0 Å². The Hall–Kier alpha value is -2.19. The summed E-state index contributed by atoms with van der Waals surface area (Å²) in [7, 11) is 0. The maximum absolute atomic E-state index is 13.2. The van der Waals surface area contributed by atoms with Gasteiger partial charge in [0, 0.05) is 18.7 Å². The van der Waals surface area contributed by atoms with Crippen LogP contribution in [0, 0.1) is 0 Å². The fourth-order valence-corrected chi connectivity index (χ4v) is 4.80. The summed E-state index contributed by atoms with van der Waals surface area (Å²) in [6.07, 6.45) is 3.08. The van der Waals surface area contributed by atoms with Crippen molar-refractivity contribution in [2.75, 3.05) is 24.6 Å². The lowest BCUT2D eigenvalue weighted by Crippen LogP contribution is -2.31. The lowest BCUT2D eigenvalue weighted by molar-refractivity contribution is -0.143. The van der Waals surface area contributed by atoms with Crippen LogP contribution in [0.25, 0.3) is 5.57 Å². The Kier molecular flexibility index (Phi) is 7.08. The molecule has 29 heavy (non-hydrogen) atoms. The van der Waals surface area contributed by atoms with Crippen LogP contribution in [0.1, 0.15) is 45.1 Å². The molecule has 0 radical (unpaired) electrons. The number of rotatable bonds is 8. The number of thiocarbonyl (C=S) groups is 1. The lowest BCUT2D eigenvalue weighted by Gasteiger charge is -2.16. The number of carbonyl (C=O) groups excluding carboxylic acids is 3. The van der Waals surface area contributed by atoms with E-state index in [-0.39, 0.29) is 30.7 Å². The van der Waals surface area contributed by atoms with Crippen LogP contribution in [0.5, 0.6) is 0 Å². The molecule has 0 aromatic heterocycles. The van der Waals surface area contributed by atoms with E-state index in [4.69, 9.17) is 17.0 Å². The van der Waals surface area contributed by atoms with Gasteiger partial charge in [-0.1, -0.05) is 61.9 Å². The lowest BCUT2D eigenvalue weighted by atomic mass is 10.1. The summed E-state index contributed by atoms with van der Waals surface area (Å²) < 4.78 is 5.28. The van der Waals surface area contributed by atoms with Crippen LogP contribution in [-0.4, -0.2) is 46.7 Å². The minimum atomic E-state index is -0.376. The standard InChI is InChI=1S/C21H24N2O4S2/c1-3-5-8-12-22-15-10-7-6-9-14(15)17(19(22)25)18-20(26)23(21(28)29-18)13-11-16(24)27-4-2/h6-7,9-10H,3-5,8,11-13H2,1-2H3/b18-17-. The van der Waals surface area contributed by atoms with E-state index >= 15 is 0 Å². The van der Waals surface area contributed by atoms with Gasteiger partial charge in [0.05, 0.1) is 29.2 Å². The first kappa shape index (κ1) is 21.5.